The number of aryl methyl sites for hydroxylation is 1. The van der Waals surface area contributed by atoms with Gasteiger partial charge in [0.2, 0.25) is 0 Å². The molecule has 186 valence electrons. The fraction of sp³-hybridized carbons (Fsp3) is 0.0556. The average Bonchev–Trinajstić information content (AvgIpc) is 3.54. The van der Waals surface area contributed by atoms with Crippen LogP contribution in [-0.2, 0) is 21.7 Å². The Hall–Kier alpha value is -3.28. The maximum Gasteiger partial charge on any atom is 2.00 e. The minimum Gasteiger partial charge on any atom is -0.165 e. The topological polar surface area (TPSA) is 0 Å². The Morgan fingerprint density at radius 2 is 1.11 bits per heavy atom. The summed E-state index contributed by atoms with van der Waals surface area (Å²) in [6, 6.07) is 47.8. The standard InChI is InChI=1S/C21H16P.C10H9.C5H8.Ti/c1-3-11-19(12-4-1)22(20-13-5-2-6-14-20)21-15-17-9-7-8-10-18(17)16-21;1-8-6-9-4-2-3-5-10(9)7-8;1-3-5-4-2;/h1-16H;2-7H,1H3;3-5H,1H2,2H3;/q2*-1;;+2. The molecule has 0 radical (unpaired) electrons. The third kappa shape index (κ3) is 7.86. The summed E-state index contributed by atoms with van der Waals surface area (Å²) >= 11 is 0. The van der Waals surface area contributed by atoms with Gasteiger partial charge in [0.15, 0.2) is 0 Å². The molecule has 0 atom stereocenters. The summed E-state index contributed by atoms with van der Waals surface area (Å²) in [5, 5.41) is 9.58. The van der Waals surface area contributed by atoms with Crippen molar-refractivity contribution in [3.05, 3.63) is 164 Å². The first-order valence-electron chi connectivity index (χ1n) is 12.6. The molecule has 0 saturated carbocycles. The van der Waals surface area contributed by atoms with Gasteiger partial charge in [-0.15, -0.1) is 80.9 Å². The van der Waals surface area contributed by atoms with Crippen LogP contribution in [0.3, 0.4) is 0 Å². The normalized spacial score (nSPS) is 10.4. The van der Waals surface area contributed by atoms with E-state index in [4.69, 9.17) is 0 Å². The molecule has 0 heterocycles. The van der Waals surface area contributed by atoms with Crippen LogP contribution < -0.4 is 15.9 Å². The molecule has 0 fully saturated rings. The Kier molecular flexibility index (Phi) is 11.7. The number of allylic oxidation sites excluding steroid dienone is 3. The Bertz CT molecular complexity index is 1450. The van der Waals surface area contributed by atoms with Crippen molar-refractivity contribution in [3.8, 4) is 0 Å². The molecule has 6 aromatic carbocycles. The number of fused-ring (bicyclic) bond motifs is 2. The average molecular weight is 545 g/mol. The summed E-state index contributed by atoms with van der Waals surface area (Å²) in [6.07, 6.45) is 5.58. The van der Waals surface area contributed by atoms with Crippen LogP contribution in [0.4, 0.5) is 0 Å². The number of hydrogen-bond acceptors (Lipinski definition) is 0. The molecule has 0 nitrogen and oxygen atoms in total. The molecular weight excluding hydrogens is 511 g/mol. The zero-order valence-corrected chi connectivity index (χ0v) is 24.5. The zero-order chi connectivity index (χ0) is 25.9. The van der Waals surface area contributed by atoms with Crippen molar-refractivity contribution < 1.29 is 21.7 Å². The first kappa shape index (κ1) is 29.3. The van der Waals surface area contributed by atoms with Crippen molar-refractivity contribution in [1.82, 2.24) is 0 Å². The quantitative estimate of drug-likeness (QED) is 0.0900. The van der Waals surface area contributed by atoms with E-state index in [1.165, 1.54) is 43.0 Å². The van der Waals surface area contributed by atoms with Gasteiger partial charge in [-0.1, -0.05) is 105 Å². The number of hydrogen-bond donors (Lipinski definition) is 0. The molecule has 0 spiro atoms. The van der Waals surface area contributed by atoms with Crippen molar-refractivity contribution >= 4 is 45.4 Å². The molecule has 0 aliphatic carbocycles. The summed E-state index contributed by atoms with van der Waals surface area (Å²) in [6.45, 7) is 7.55. The predicted molar refractivity (Wildman–Crippen MR) is 168 cm³/mol. The van der Waals surface area contributed by atoms with E-state index in [0.717, 1.165) is 0 Å². The van der Waals surface area contributed by atoms with E-state index in [-0.39, 0.29) is 21.7 Å². The van der Waals surface area contributed by atoms with Crippen molar-refractivity contribution in [3.63, 3.8) is 0 Å². The molecule has 0 amide bonds. The van der Waals surface area contributed by atoms with Crippen LogP contribution in [0.1, 0.15) is 12.5 Å². The van der Waals surface area contributed by atoms with E-state index in [9.17, 15) is 0 Å². The maximum atomic E-state index is 3.46. The molecule has 38 heavy (non-hydrogen) atoms. The first-order valence-corrected chi connectivity index (χ1v) is 14.0. The van der Waals surface area contributed by atoms with E-state index in [1.807, 2.05) is 19.1 Å². The summed E-state index contributed by atoms with van der Waals surface area (Å²) in [5.74, 6) is 0. The fourth-order valence-electron chi connectivity index (χ4n) is 4.31. The Labute approximate surface area is 243 Å². The molecule has 6 rings (SSSR count). The van der Waals surface area contributed by atoms with E-state index in [2.05, 4.69) is 147 Å². The largest absolute Gasteiger partial charge is 2.00 e. The second-order valence-electron chi connectivity index (χ2n) is 8.77. The van der Waals surface area contributed by atoms with Crippen molar-refractivity contribution in [2.45, 2.75) is 13.8 Å². The van der Waals surface area contributed by atoms with Crippen molar-refractivity contribution in [2.24, 2.45) is 0 Å². The summed E-state index contributed by atoms with van der Waals surface area (Å²) in [5.41, 5.74) is 1.35. The number of rotatable bonds is 4. The smallest absolute Gasteiger partial charge is 0.165 e. The van der Waals surface area contributed by atoms with Crippen LogP contribution in [0, 0.1) is 6.92 Å². The molecule has 0 unspecified atom stereocenters. The summed E-state index contributed by atoms with van der Waals surface area (Å²) in [4.78, 5) is 0. The predicted octanol–water partition coefficient (Wildman–Crippen LogP) is 8.93. The minimum atomic E-state index is -0.493. The fourth-order valence-corrected chi connectivity index (χ4v) is 6.68. The molecule has 0 aliphatic heterocycles. The van der Waals surface area contributed by atoms with Crippen LogP contribution in [0.25, 0.3) is 21.5 Å². The van der Waals surface area contributed by atoms with E-state index in [1.54, 1.807) is 6.08 Å². The minimum absolute atomic E-state index is 0. The monoisotopic (exact) mass is 544 g/mol. The van der Waals surface area contributed by atoms with Gasteiger partial charge in [-0.3, -0.25) is 0 Å². The van der Waals surface area contributed by atoms with E-state index < -0.39 is 7.92 Å². The van der Waals surface area contributed by atoms with Crippen molar-refractivity contribution in [2.75, 3.05) is 0 Å². The molecule has 6 aromatic rings. The van der Waals surface area contributed by atoms with Gasteiger partial charge in [-0.2, -0.15) is 12.1 Å². The summed E-state index contributed by atoms with van der Waals surface area (Å²) in [7, 11) is -0.493. The van der Waals surface area contributed by atoms with Crippen molar-refractivity contribution in [1.29, 1.82) is 0 Å². The van der Waals surface area contributed by atoms with Crippen LogP contribution in [-0.4, -0.2) is 0 Å². The SMILES string of the molecule is C=CC=CC.Cc1cc2ccccc2[cH-]1.[Ti+2].c1ccc(P(c2ccccc2)c2cc3ccccc3[cH-]2)cc1. The molecule has 2 heteroatoms. The third-order valence-corrected chi connectivity index (χ3v) is 8.38. The Morgan fingerprint density at radius 3 is 1.55 bits per heavy atom. The first-order chi connectivity index (χ1) is 18.2. The second kappa shape index (κ2) is 15.2. The van der Waals surface area contributed by atoms with Gasteiger partial charge < -0.3 is 0 Å². The third-order valence-electron chi connectivity index (χ3n) is 5.98. The van der Waals surface area contributed by atoms with Gasteiger partial charge in [-0.05, 0) is 25.5 Å². The van der Waals surface area contributed by atoms with Crippen LogP contribution in [0.2, 0.25) is 0 Å². The summed E-state index contributed by atoms with van der Waals surface area (Å²) < 4.78 is 0. The van der Waals surface area contributed by atoms with Gasteiger partial charge in [0, 0.05) is 0 Å². The number of benzene rings is 4. The van der Waals surface area contributed by atoms with E-state index >= 15 is 0 Å². The Balaban J connectivity index is 0.000000208. The second-order valence-corrected chi connectivity index (χ2v) is 11.0. The molecule has 0 aromatic heterocycles. The molecular formula is C36H33PTi. The molecule has 0 bridgehead atoms. The van der Waals surface area contributed by atoms with Gasteiger partial charge in [0.25, 0.3) is 0 Å². The van der Waals surface area contributed by atoms with Gasteiger partial charge >= 0.3 is 21.7 Å². The van der Waals surface area contributed by atoms with Crippen LogP contribution >= 0.6 is 7.92 Å². The van der Waals surface area contributed by atoms with Gasteiger partial charge in [-0.25, -0.2) is 0 Å². The van der Waals surface area contributed by atoms with Crippen LogP contribution in [0.15, 0.2) is 158 Å². The molecule has 0 N–H and O–H groups in total. The van der Waals surface area contributed by atoms with Gasteiger partial charge in [0.1, 0.15) is 0 Å². The van der Waals surface area contributed by atoms with E-state index in [0.29, 0.717) is 0 Å². The Morgan fingerprint density at radius 1 is 0.632 bits per heavy atom. The molecule has 0 aliphatic rings. The van der Waals surface area contributed by atoms with Crippen LogP contribution in [0.5, 0.6) is 0 Å². The maximum absolute atomic E-state index is 3.46. The molecule has 0 saturated heterocycles. The van der Waals surface area contributed by atoms with Gasteiger partial charge in [0.05, 0.1) is 0 Å². The zero-order valence-electron chi connectivity index (χ0n) is 22.1.